The lowest BCUT2D eigenvalue weighted by atomic mass is 9.89. The highest BCUT2D eigenvalue weighted by molar-refractivity contribution is 5.13. The van der Waals surface area contributed by atoms with E-state index in [9.17, 15) is 5.11 Å². The van der Waals surface area contributed by atoms with Crippen LogP contribution in [0.2, 0.25) is 0 Å². The second-order valence-electron chi connectivity index (χ2n) is 4.65. The first-order chi connectivity index (χ1) is 5.88. The maximum Gasteiger partial charge on any atom is 0.0636 e. The zero-order chi connectivity index (χ0) is 8.13. The lowest BCUT2D eigenvalue weighted by molar-refractivity contribution is 0.102. The van der Waals surface area contributed by atoms with E-state index in [0.29, 0.717) is 11.8 Å². The summed E-state index contributed by atoms with van der Waals surface area (Å²) in [4.78, 5) is 0. The average molecular weight is 164 g/mol. The van der Waals surface area contributed by atoms with Gasteiger partial charge in [-0.25, -0.2) is 0 Å². The van der Waals surface area contributed by atoms with Gasteiger partial charge in [0.15, 0.2) is 0 Å². The van der Waals surface area contributed by atoms with Crippen LogP contribution in [-0.2, 0) is 0 Å². The maximum absolute atomic E-state index is 10.0. The van der Waals surface area contributed by atoms with Gasteiger partial charge < -0.3 is 5.11 Å². The smallest absolute Gasteiger partial charge is 0.0636 e. The van der Waals surface area contributed by atoms with Crippen molar-refractivity contribution in [1.29, 1.82) is 0 Å². The van der Waals surface area contributed by atoms with Crippen molar-refractivity contribution in [1.82, 2.24) is 0 Å². The summed E-state index contributed by atoms with van der Waals surface area (Å²) in [5, 5.41) is 10.0. The molecule has 0 heterocycles. The summed E-state index contributed by atoms with van der Waals surface area (Å²) < 4.78 is 0. The highest BCUT2D eigenvalue weighted by Crippen LogP contribution is 2.54. The number of rotatable bonds is 0. The molecule has 0 aliphatic heterocycles. The molecule has 1 N–H and O–H groups in total. The standard InChI is InChI=1S/C11H16O/c12-11-9-5-1-3-7(9)8-4-2-6-10(8)11/h1,5,7-12H,2-4,6H2/t7-,8-,9-,10-,11-/m0/s1. The summed E-state index contributed by atoms with van der Waals surface area (Å²) in [7, 11) is 0. The lowest BCUT2D eigenvalue weighted by Crippen LogP contribution is -2.19. The van der Waals surface area contributed by atoms with E-state index in [-0.39, 0.29) is 6.10 Å². The fourth-order valence-electron chi connectivity index (χ4n) is 3.78. The summed E-state index contributed by atoms with van der Waals surface area (Å²) in [6, 6.07) is 0. The maximum atomic E-state index is 10.0. The molecule has 3 aliphatic carbocycles. The number of fused-ring (bicyclic) bond motifs is 3. The van der Waals surface area contributed by atoms with Crippen molar-refractivity contribution in [2.24, 2.45) is 23.7 Å². The fourth-order valence-corrected chi connectivity index (χ4v) is 3.78. The third-order valence-corrected chi connectivity index (χ3v) is 4.27. The van der Waals surface area contributed by atoms with Crippen molar-refractivity contribution < 1.29 is 5.11 Å². The SMILES string of the molecule is O[C@H]1[C@H]2C=CC[C@H]2[C@@H]2CCC[C@H]12. The first-order valence-electron chi connectivity index (χ1n) is 5.22. The number of hydrogen-bond donors (Lipinski definition) is 1. The third-order valence-electron chi connectivity index (χ3n) is 4.27. The van der Waals surface area contributed by atoms with Crippen molar-refractivity contribution >= 4 is 0 Å². The Morgan fingerprint density at radius 1 is 1.08 bits per heavy atom. The van der Waals surface area contributed by atoms with Crippen molar-refractivity contribution in [2.75, 3.05) is 0 Å². The van der Waals surface area contributed by atoms with Gasteiger partial charge >= 0.3 is 0 Å². The van der Waals surface area contributed by atoms with Crippen LogP contribution < -0.4 is 0 Å². The van der Waals surface area contributed by atoms with Crippen LogP contribution in [0.3, 0.4) is 0 Å². The minimum Gasteiger partial charge on any atom is -0.392 e. The van der Waals surface area contributed by atoms with Crippen LogP contribution in [0.4, 0.5) is 0 Å². The minimum absolute atomic E-state index is 0.00116. The fraction of sp³-hybridized carbons (Fsp3) is 0.818. The monoisotopic (exact) mass is 164 g/mol. The van der Waals surface area contributed by atoms with Gasteiger partial charge in [-0.1, -0.05) is 18.6 Å². The molecule has 2 fully saturated rings. The average Bonchev–Trinajstić information content (AvgIpc) is 2.72. The van der Waals surface area contributed by atoms with E-state index in [2.05, 4.69) is 12.2 Å². The Morgan fingerprint density at radius 3 is 2.83 bits per heavy atom. The molecular weight excluding hydrogens is 148 g/mol. The largest absolute Gasteiger partial charge is 0.392 e. The first-order valence-corrected chi connectivity index (χ1v) is 5.22. The van der Waals surface area contributed by atoms with Gasteiger partial charge in [0.05, 0.1) is 6.10 Å². The predicted molar refractivity (Wildman–Crippen MR) is 47.6 cm³/mol. The number of allylic oxidation sites excluding steroid dienone is 1. The van der Waals surface area contributed by atoms with E-state index in [4.69, 9.17) is 0 Å². The van der Waals surface area contributed by atoms with E-state index in [1.165, 1.54) is 25.7 Å². The molecule has 5 atom stereocenters. The van der Waals surface area contributed by atoms with Gasteiger partial charge in [0.25, 0.3) is 0 Å². The molecule has 0 aromatic rings. The Labute approximate surface area is 73.5 Å². The summed E-state index contributed by atoms with van der Waals surface area (Å²) in [6.07, 6.45) is 9.79. The van der Waals surface area contributed by atoms with Gasteiger partial charge in [0.1, 0.15) is 0 Å². The predicted octanol–water partition coefficient (Wildman–Crippen LogP) is 1.97. The van der Waals surface area contributed by atoms with Crippen molar-refractivity contribution in [3.63, 3.8) is 0 Å². The minimum atomic E-state index is 0.00116. The van der Waals surface area contributed by atoms with E-state index in [0.717, 1.165) is 11.8 Å². The Hall–Kier alpha value is -0.300. The zero-order valence-corrected chi connectivity index (χ0v) is 7.32. The Bertz CT molecular complexity index is 221. The molecule has 0 bridgehead atoms. The topological polar surface area (TPSA) is 20.2 Å². The van der Waals surface area contributed by atoms with E-state index in [1.54, 1.807) is 0 Å². The second-order valence-corrected chi connectivity index (χ2v) is 4.65. The number of aliphatic hydroxyl groups is 1. The molecule has 0 saturated heterocycles. The van der Waals surface area contributed by atoms with E-state index < -0.39 is 0 Å². The molecule has 0 amide bonds. The van der Waals surface area contributed by atoms with Crippen LogP contribution in [0, 0.1) is 23.7 Å². The summed E-state index contributed by atoms with van der Waals surface area (Å²) >= 11 is 0. The van der Waals surface area contributed by atoms with Gasteiger partial charge in [-0.2, -0.15) is 0 Å². The van der Waals surface area contributed by atoms with Crippen LogP contribution in [0.15, 0.2) is 12.2 Å². The van der Waals surface area contributed by atoms with Gasteiger partial charge in [-0.3, -0.25) is 0 Å². The molecule has 0 aromatic carbocycles. The number of hydrogen-bond acceptors (Lipinski definition) is 1. The molecule has 0 radical (unpaired) electrons. The van der Waals surface area contributed by atoms with Crippen molar-refractivity contribution in [3.8, 4) is 0 Å². The summed E-state index contributed by atoms with van der Waals surface area (Å²) in [6.45, 7) is 0. The molecular formula is C11H16O. The quantitative estimate of drug-likeness (QED) is 0.543. The second kappa shape index (κ2) is 2.35. The van der Waals surface area contributed by atoms with E-state index >= 15 is 0 Å². The van der Waals surface area contributed by atoms with Gasteiger partial charge in [0, 0.05) is 5.92 Å². The Balaban J connectivity index is 1.92. The third kappa shape index (κ3) is 0.731. The van der Waals surface area contributed by atoms with Crippen molar-refractivity contribution in [3.05, 3.63) is 12.2 Å². The molecule has 0 unspecified atom stereocenters. The summed E-state index contributed by atoms with van der Waals surface area (Å²) in [5.74, 6) is 2.86. The first kappa shape index (κ1) is 7.14. The van der Waals surface area contributed by atoms with Crippen LogP contribution in [-0.4, -0.2) is 11.2 Å². The van der Waals surface area contributed by atoms with Gasteiger partial charge in [-0.15, -0.1) is 0 Å². The van der Waals surface area contributed by atoms with Crippen LogP contribution in [0.25, 0.3) is 0 Å². The zero-order valence-electron chi connectivity index (χ0n) is 7.32. The molecule has 0 spiro atoms. The molecule has 1 heteroatoms. The van der Waals surface area contributed by atoms with Gasteiger partial charge in [0.2, 0.25) is 0 Å². The number of aliphatic hydroxyl groups excluding tert-OH is 1. The van der Waals surface area contributed by atoms with Gasteiger partial charge in [-0.05, 0) is 37.0 Å². The molecule has 3 rings (SSSR count). The molecule has 66 valence electrons. The molecule has 3 aliphatic rings. The highest BCUT2D eigenvalue weighted by Gasteiger charge is 2.51. The lowest BCUT2D eigenvalue weighted by Gasteiger charge is -2.15. The van der Waals surface area contributed by atoms with Crippen LogP contribution in [0.5, 0.6) is 0 Å². The molecule has 1 nitrogen and oxygen atoms in total. The van der Waals surface area contributed by atoms with Crippen LogP contribution >= 0.6 is 0 Å². The van der Waals surface area contributed by atoms with Crippen molar-refractivity contribution in [2.45, 2.75) is 31.8 Å². The Kier molecular flexibility index (Phi) is 1.40. The normalized spacial score (nSPS) is 55.9. The molecule has 12 heavy (non-hydrogen) atoms. The van der Waals surface area contributed by atoms with Crippen LogP contribution in [0.1, 0.15) is 25.7 Å². The molecule has 2 saturated carbocycles. The summed E-state index contributed by atoms with van der Waals surface area (Å²) in [5.41, 5.74) is 0. The highest BCUT2D eigenvalue weighted by atomic mass is 16.3. The van der Waals surface area contributed by atoms with E-state index in [1.807, 2.05) is 0 Å². The molecule has 0 aromatic heterocycles. The Morgan fingerprint density at radius 2 is 1.92 bits per heavy atom.